The van der Waals surface area contributed by atoms with Gasteiger partial charge in [-0.2, -0.15) is 0 Å². The average molecular weight is 271 g/mol. The second-order valence-corrected chi connectivity index (χ2v) is 11.7. The molecule has 0 aromatic heterocycles. The van der Waals surface area contributed by atoms with Crippen molar-refractivity contribution in [3.05, 3.63) is 34.3 Å². The molecule has 0 bridgehead atoms. The topological polar surface area (TPSA) is 0 Å². The lowest BCUT2D eigenvalue weighted by Crippen LogP contribution is -2.21. The second kappa shape index (κ2) is 4.62. The van der Waals surface area contributed by atoms with Crippen molar-refractivity contribution in [2.45, 2.75) is 38.5 Å². The molecule has 1 aromatic rings. The van der Waals surface area contributed by atoms with Gasteiger partial charge in [-0.15, -0.1) is 0 Å². The Balaban J connectivity index is 2.74. The zero-order valence-electron chi connectivity index (χ0n) is 9.47. The molecule has 1 rings (SSSR count). The summed E-state index contributed by atoms with van der Waals surface area (Å²) in [6.45, 7) is 9.63. The molecule has 1 atom stereocenters. The molecule has 1 aromatic carbocycles. The molecule has 14 heavy (non-hydrogen) atoms. The van der Waals surface area contributed by atoms with Crippen molar-refractivity contribution >= 4 is 24.0 Å². The van der Waals surface area contributed by atoms with Crippen LogP contribution in [0.3, 0.4) is 0 Å². The van der Waals surface area contributed by atoms with Gasteiger partial charge >= 0.3 is 0 Å². The minimum absolute atomic E-state index is 0.694. The van der Waals surface area contributed by atoms with Gasteiger partial charge in [0.2, 0.25) is 0 Å². The van der Waals surface area contributed by atoms with E-state index >= 15 is 0 Å². The van der Waals surface area contributed by atoms with Crippen LogP contribution >= 0.6 is 15.9 Å². The first-order chi connectivity index (χ1) is 6.38. The Labute approximate surface area is 96.9 Å². The van der Waals surface area contributed by atoms with Crippen LogP contribution in [0.15, 0.2) is 28.7 Å². The molecule has 0 fully saturated rings. The van der Waals surface area contributed by atoms with Gasteiger partial charge in [0.15, 0.2) is 0 Å². The Morgan fingerprint density at radius 2 is 1.93 bits per heavy atom. The summed E-state index contributed by atoms with van der Waals surface area (Å²) in [4.78, 5) is 0. The molecule has 0 saturated carbocycles. The molecule has 0 aliphatic heterocycles. The molecule has 2 heteroatoms. The van der Waals surface area contributed by atoms with E-state index < -0.39 is 8.07 Å². The fraction of sp³-hybridized carbons (Fsp3) is 0.500. The molecule has 0 saturated heterocycles. The normalized spacial score (nSPS) is 14.1. The summed E-state index contributed by atoms with van der Waals surface area (Å²) in [6.07, 6.45) is 0. The highest BCUT2D eigenvalue weighted by Crippen LogP contribution is 2.27. The first-order valence-electron chi connectivity index (χ1n) is 5.14. The lowest BCUT2D eigenvalue weighted by Gasteiger charge is -2.21. The first-order valence-corrected chi connectivity index (χ1v) is 9.64. The number of benzene rings is 1. The van der Waals surface area contributed by atoms with Crippen LogP contribution < -0.4 is 0 Å². The van der Waals surface area contributed by atoms with Gasteiger partial charge in [-0.25, -0.2) is 0 Å². The highest BCUT2D eigenvalue weighted by molar-refractivity contribution is 9.10. The Morgan fingerprint density at radius 1 is 1.29 bits per heavy atom. The minimum atomic E-state index is -0.936. The molecule has 0 aliphatic rings. The van der Waals surface area contributed by atoms with Crippen molar-refractivity contribution in [3.63, 3.8) is 0 Å². The highest BCUT2D eigenvalue weighted by atomic mass is 79.9. The van der Waals surface area contributed by atoms with Gasteiger partial charge in [0, 0.05) is 12.5 Å². The first kappa shape index (κ1) is 12.0. The van der Waals surface area contributed by atoms with E-state index in [2.05, 4.69) is 66.8 Å². The Bertz CT molecular complexity index is 301. The maximum absolute atomic E-state index is 3.52. The van der Waals surface area contributed by atoms with Gasteiger partial charge in [-0.1, -0.05) is 60.7 Å². The van der Waals surface area contributed by atoms with E-state index in [1.165, 1.54) is 16.1 Å². The molecule has 0 unspecified atom stereocenters. The summed E-state index contributed by atoms with van der Waals surface area (Å²) < 4.78 is 1.19. The zero-order chi connectivity index (χ0) is 10.8. The lowest BCUT2D eigenvalue weighted by molar-refractivity contribution is 0.844. The van der Waals surface area contributed by atoms with Crippen LogP contribution in [0.1, 0.15) is 18.4 Å². The van der Waals surface area contributed by atoms with Gasteiger partial charge in [-0.3, -0.25) is 0 Å². The van der Waals surface area contributed by atoms with E-state index in [0.717, 1.165) is 0 Å². The maximum Gasteiger partial charge on any atom is 0.0448 e. The SMILES string of the molecule is C[C@H](C[Si](C)(C)C)c1cccc(Br)c1. The van der Waals surface area contributed by atoms with Gasteiger partial charge in [0.1, 0.15) is 0 Å². The molecule has 78 valence electrons. The largest absolute Gasteiger partial charge is 0.0695 e. The third-order valence-electron chi connectivity index (χ3n) is 2.34. The highest BCUT2D eigenvalue weighted by Gasteiger charge is 2.18. The summed E-state index contributed by atoms with van der Waals surface area (Å²) >= 11 is 3.52. The van der Waals surface area contributed by atoms with Crippen LogP contribution in [0.5, 0.6) is 0 Å². The van der Waals surface area contributed by atoms with Crippen LogP contribution in [0.4, 0.5) is 0 Å². The molecule has 0 spiro atoms. The summed E-state index contributed by atoms with van der Waals surface area (Å²) in [5.41, 5.74) is 1.46. The molecule has 0 N–H and O–H groups in total. The van der Waals surface area contributed by atoms with E-state index in [9.17, 15) is 0 Å². The van der Waals surface area contributed by atoms with Crippen LogP contribution in [0.2, 0.25) is 25.7 Å². The Kier molecular flexibility index (Phi) is 3.96. The van der Waals surface area contributed by atoms with Crippen molar-refractivity contribution in [1.82, 2.24) is 0 Å². The summed E-state index contributed by atoms with van der Waals surface area (Å²) in [5.74, 6) is 0.694. The van der Waals surface area contributed by atoms with Crippen LogP contribution in [-0.4, -0.2) is 8.07 Å². The monoisotopic (exact) mass is 270 g/mol. The third-order valence-corrected chi connectivity index (χ3v) is 4.67. The van der Waals surface area contributed by atoms with E-state index in [4.69, 9.17) is 0 Å². The van der Waals surface area contributed by atoms with Crippen molar-refractivity contribution in [2.24, 2.45) is 0 Å². The number of hydrogen-bond donors (Lipinski definition) is 0. The van der Waals surface area contributed by atoms with E-state index in [-0.39, 0.29) is 0 Å². The van der Waals surface area contributed by atoms with Crippen LogP contribution in [0.25, 0.3) is 0 Å². The maximum atomic E-state index is 3.52. The Hall–Kier alpha value is -0.0831. The smallest absolute Gasteiger partial charge is 0.0448 e. The van der Waals surface area contributed by atoms with E-state index in [0.29, 0.717) is 5.92 Å². The number of rotatable bonds is 3. The van der Waals surface area contributed by atoms with E-state index in [1.807, 2.05) is 0 Å². The van der Waals surface area contributed by atoms with Gasteiger partial charge in [0.25, 0.3) is 0 Å². The Morgan fingerprint density at radius 3 is 2.43 bits per heavy atom. The molecule has 0 radical (unpaired) electrons. The van der Waals surface area contributed by atoms with Crippen LogP contribution in [0, 0.1) is 0 Å². The van der Waals surface area contributed by atoms with Gasteiger partial charge in [-0.05, 0) is 23.6 Å². The fourth-order valence-electron chi connectivity index (χ4n) is 1.85. The van der Waals surface area contributed by atoms with Crippen molar-refractivity contribution in [1.29, 1.82) is 0 Å². The van der Waals surface area contributed by atoms with Crippen molar-refractivity contribution in [2.75, 3.05) is 0 Å². The molecule has 0 nitrogen and oxygen atoms in total. The van der Waals surface area contributed by atoms with E-state index in [1.54, 1.807) is 0 Å². The van der Waals surface area contributed by atoms with Gasteiger partial charge in [0.05, 0.1) is 0 Å². The molecule has 0 aliphatic carbocycles. The standard InChI is InChI=1S/C12H19BrSi/c1-10(9-14(2,3)4)11-6-5-7-12(13)8-11/h5-8,10H,9H2,1-4H3/t10-/m1/s1. The zero-order valence-corrected chi connectivity index (χ0v) is 12.1. The predicted molar refractivity (Wildman–Crippen MR) is 70.7 cm³/mol. The summed E-state index contributed by atoms with van der Waals surface area (Å²) in [7, 11) is -0.936. The quantitative estimate of drug-likeness (QED) is 0.686. The van der Waals surface area contributed by atoms with Crippen molar-refractivity contribution in [3.8, 4) is 0 Å². The minimum Gasteiger partial charge on any atom is -0.0695 e. The van der Waals surface area contributed by atoms with Crippen LogP contribution in [-0.2, 0) is 0 Å². The third kappa shape index (κ3) is 3.97. The summed E-state index contributed by atoms with van der Waals surface area (Å²) in [6, 6.07) is 10.1. The summed E-state index contributed by atoms with van der Waals surface area (Å²) in [5, 5.41) is 0. The predicted octanol–water partition coefficient (Wildman–Crippen LogP) is 4.89. The molecular formula is C12H19BrSi. The number of halogens is 1. The van der Waals surface area contributed by atoms with Crippen molar-refractivity contribution < 1.29 is 0 Å². The number of hydrogen-bond acceptors (Lipinski definition) is 0. The lowest BCUT2D eigenvalue weighted by atomic mass is 10.0. The average Bonchev–Trinajstić information content (AvgIpc) is 2.01. The molecule has 0 amide bonds. The van der Waals surface area contributed by atoms with Gasteiger partial charge < -0.3 is 0 Å². The second-order valence-electron chi connectivity index (χ2n) is 5.22. The fourth-order valence-corrected chi connectivity index (χ4v) is 4.34. The molecule has 0 heterocycles. The molecular weight excluding hydrogens is 252 g/mol.